The lowest BCUT2D eigenvalue weighted by Crippen LogP contribution is -2.26. The minimum atomic E-state index is -2.93. The molecular weight excluding hydrogens is 165 g/mol. The molecule has 11 heavy (non-hydrogen) atoms. The van der Waals surface area contributed by atoms with E-state index in [0.29, 0.717) is 0 Å². The van der Waals surface area contributed by atoms with Crippen LogP contribution in [-0.4, -0.2) is 18.5 Å². The van der Waals surface area contributed by atoms with Gasteiger partial charge in [-0.1, -0.05) is 0 Å². The molecule has 0 aromatic rings. The van der Waals surface area contributed by atoms with Crippen LogP contribution in [0.2, 0.25) is 0 Å². The highest BCUT2D eigenvalue weighted by atomic mass is 31.2. The van der Waals surface area contributed by atoms with Crippen LogP contribution in [0.5, 0.6) is 0 Å². The summed E-state index contributed by atoms with van der Waals surface area (Å²) >= 11 is 0. The SMILES string of the molecule is CC1CC(C)OP(=O)(CN)O1. The predicted molar refractivity (Wildman–Crippen MR) is 42.4 cm³/mol. The van der Waals surface area contributed by atoms with Crippen molar-refractivity contribution in [2.75, 3.05) is 6.29 Å². The molecule has 2 N–H and O–H groups in total. The second-order valence-corrected chi connectivity index (χ2v) is 4.87. The molecule has 0 aromatic carbocycles. The first-order chi connectivity index (χ1) is 5.06. The Hall–Kier alpha value is 0.110. The van der Waals surface area contributed by atoms with E-state index >= 15 is 0 Å². The van der Waals surface area contributed by atoms with Gasteiger partial charge in [-0.3, -0.25) is 4.57 Å². The molecule has 4 nitrogen and oxygen atoms in total. The zero-order chi connectivity index (χ0) is 8.48. The molecule has 1 aliphatic rings. The van der Waals surface area contributed by atoms with Crippen LogP contribution in [0.15, 0.2) is 0 Å². The molecule has 0 radical (unpaired) electrons. The maximum Gasteiger partial charge on any atom is 0.344 e. The quantitative estimate of drug-likeness (QED) is 0.616. The van der Waals surface area contributed by atoms with Gasteiger partial charge >= 0.3 is 7.60 Å². The van der Waals surface area contributed by atoms with E-state index in [0.717, 1.165) is 6.42 Å². The van der Waals surface area contributed by atoms with E-state index in [2.05, 4.69) is 0 Å². The summed E-state index contributed by atoms with van der Waals surface area (Å²) in [6, 6.07) is 0. The fourth-order valence-electron chi connectivity index (χ4n) is 1.21. The van der Waals surface area contributed by atoms with E-state index in [1.54, 1.807) is 0 Å². The van der Waals surface area contributed by atoms with E-state index in [1.165, 1.54) is 0 Å². The molecule has 0 spiro atoms. The van der Waals surface area contributed by atoms with Crippen molar-refractivity contribution in [2.24, 2.45) is 5.73 Å². The molecule has 0 bridgehead atoms. The molecule has 1 saturated heterocycles. The van der Waals surface area contributed by atoms with E-state index in [1.807, 2.05) is 13.8 Å². The van der Waals surface area contributed by atoms with Gasteiger partial charge < -0.3 is 14.8 Å². The molecule has 66 valence electrons. The van der Waals surface area contributed by atoms with E-state index < -0.39 is 7.60 Å². The highest BCUT2D eigenvalue weighted by Crippen LogP contribution is 2.52. The Labute approximate surface area is 66.6 Å². The van der Waals surface area contributed by atoms with Crippen molar-refractivity contribution in [1.82, 2.24) is 0 Å². The third kappa shape index (κ3) is 2.27. The highest BCUT2D eigenvalue weighted by molar-refractivity contribution is 7.53. The second-order valence-electron chi connectivity index (χ2n) is 2.86. The lowest BCUT2D eigenvalue weighted by atomic mass is 10.2. The van der Waals surface area contributed by atoms with Gasteiger partial charge in [0.05, 0.1) is 18.5 Å². The highest BCUT2D eigenvalue weighted by Gasteiger charge is 2.33. The van der Waals surface area contributed by atoms with Crippen molar-refractivity contribution >= 4 is 7.60 Å². The maximum absolute atomic E-state index is 11.5. The summed E-state index contributed by atoms with van der Waals surface area (Å²) < 4.78 is 21.7. The van der Waals surface area contributed by atoms with E-state index in [9.17, 15) is 4.57 Å². The number of hydrogen-bond acceptors (Lipinski definition) is 4. The Morgan fingerprint density at radius 2 is 1.91 bits per heavy atom. The normalized spacial score (nSPS) is 45.7. The fraction of sp³-hybridized carbons (Fsp3) is 1.00. The lowest BCUT2D eigenvalue weighted by Gasteiger charge is -2.31. The summed E-state index contributed by atoms with van der Waals surface area (Å²) in [5.41, 5.74) is 5.25. The molecule has 0 amide bonds. The molecule has 0 aliphatic carbocycles. The Morgan fingerprint density at radius 3 is 2.27 bits per heavy atom. The summed E-state index contributed by atoms with van der Waals surface area (Å²) in [5.74, 6) is 0. The van der Waals surface area contributed by atoms with Crippen LogP contribution >= 0.6 is 7.60 Å². The van der Waals surface area contributed by atoms with Gasteiger partial charge in [-0.05, 0) is 13.8 Å². The summed E-state index contributed by atoms with van der Waals surface area (Å²) in [7, 11) is -2.93. The third-order valence-electron chi connectivity index (χ3n) is 1.57. The van der Waals surface area contributed by atoms with Crippen LogP contribution in [0.4, 0.5) is 0 Å². The van der Waals surface area contributed by atoms with Crippen LogP contribution in [-0.2, 0) is 13.6 Å². The first-order valence-corrected chi connectivity index (χ1v) is 5.44. The topological polar surface area (TPSA) is 61.5 Å². The van der Waals surface area contributed by atoms with Gasteiger partial charge in [0, 0.05) is 6.42 Å². The molecule has 2 unspecified atom stereocenters. The zero-order valence-corrected chi connectivity index (χ0v) is 7.71. The van der Waals surface area contributed by atoms with Gasteiger partial charge in [0.2, 0.25) is 0 Å². The van der Waals surface area contributed by atoms with Gasteiger partial charge in [-0.25, -0.2) is 0 Å². The fourth-order valence-corrected chi connectivity index (χ4v) is 2.70. The largest absolute Gasteiger partial charge is 0.344 e. The Morgan fingerprint density at radius 1 is 1.45 bits per heavy atom. The molecule has 1 heterocycles. The lowest BCUT2D eigenvalue weighted by molar-refractivity contribution is 0.0488. The second kappa shape index (κ2) is 3.23. The van der Waals surface area contributed by atoms with E-state index in [4.69, 9.17) is 14.8 Å². The average molecular weight is 179 g/mol. The number of hydrogen-bond donors (Lipinski definition) is 1. The maximum atomic E-state index is 11.5. The molecular formula is C6H14NO3P. The summed E-state index contributed by atoms with van der Waals surface area (Å²) in [4.78, 5) is 0. The van der Waals surface area contributed by atoms with Crippen LogP contribution in [0.1, 0.15) is 20.3 Å². The van der Waals surface area contributed by atoms with Gasteiger partial charge in [0.15, 0.2) is 0 Å². The summed E-state index contributed by atoms with van der Waals surface area (Å²) in [6.45, 7) is 3.75. The molecule has 2 atom stereocenters. The average Bonchev–Trinajstić information content (AvgIpc) is 1.84. The van der Waals surface area contributed by atoms with Gasteiger partial charge in [0.25, 0.3) is 0 Å². The van der Waals surface area contributed by atoms with Crippen LogP contribution < -0.4 is 5.73 Å². The van der Waals surface area contributed by atoms with Gasteiger partial charge in [0.1, 0.15) is 0 Å². The minimum absolute atomic E-state index is 0.00636. The molecule has 5 heteroatoms. The Kier molecular flexibility index (Phi) is 2.70. The molecule has 1 fully saturated rings. The van der Waals surface area contributed by atoms with Crippen LogP contribution in [0, 0.1) is 0 Å². The van der Waals surface area contributed by atoms with Gasteiger partial charge in [-0.2, -0.15) is 0 Å². The first-order valence-electron chi connectivity index (χ1n) is 3.71. The van der Waals surface area contributed by atoms with Crippen molar-refractivity contribution < 1.29 is 13.6 Å². The monoisotopic (exact) mass is 179 g/mol. The summed E-state index contributed by atoms with van der Waals surface area (Å²) in [6.07, 6.45) is 0.743. The predicted octanol–water partition coefficient (Wildman–Crippen LogP) is 1.31. The zero-order valence-electron chi connectivity index (χ0n) is 6.82. The Bertz CT molecular complexity index is 171. The van der Waals surface area contributed by atoms with Crippen molar-refractivity contribution in [3.63, 3.8) is 0 Å². The molecule has 1 aliphatic heterocycles. The molecule has 0 saturated carbocycles. The Balaban J connectivity index is 2.63. The van der Waals surface area contributed by atoms with E-state index in [-0.39, 0.29) is 18.5 Å². The third-order valence-corrected chi connectivity index (χ3v) is 3.38. The first kappa shape index (κ1) is 9.20. The van der Waals surface area contributed by atoms with Crippen molar-refractivity contribution in [1.29, 1.82) is 0 Å². The van der Waals surface area contributed by atoms with Crippen LogP contribution in [0.3, 0.4) is 0 Å². The van der Waals surface area contributed by atoms with Crippen molar-refractivity contribution in [2.45, 2.75) is 32.5 Å². The standard InChI is InChI=1S/C6H14NO3P/c1-5-3-6(2)10-11(8,4-7)9-5/h5-6H,3-4,7H2,1-2H3. The smallest absolute Gasteiger partial charge is 0.320 e. The van der Waals surface area contributed by atoms with Crippen molar-refractivity contribution in [3.8, 4) is 0 Å². The summed E-state index contributed by atoms with van der Waals surface area (Å²) in [5, 5.41) is 0. The minimum Gasteiger partial charge on any atom is -0.320 e. The number of nitrogens with two attached hydrogens (primary N) is 1. The molecule has 0 aromatic heterocycles. The number of rotatable bonds is 1. The van der Waals surface area contributed by atoms with Gasteiger partial charge in [-0.15, -0.1) is 0 Å². The van der Waals surface area contributed by atoms with Crippen LogP contribution in [0.25, 0.3) is 0 Å². The van der Waals surface area contributed by atoms with Crippen molar-refractivity contribution in [3.05, 3.63) is 0 Å². The molecule has 1 rings (SSSR count).